The van der Waals surface area contributed by atoms with Crippen molar-refractivity contribution in [3.8, 4) is 11.5 Å². The molecule has 0 bridgehead atoms. The van der Waals surface area contributed by atoms with Crippen LogP contribution in [0, 0.1) is 12.7 Å². The fraction of sp³-hybridized carbons (Fsp3) is 0.208. The van der Waals surface area contributed by atoms with E-state index in [1.165, 1.54) is 17.8 Å². The number of carbonyl (C=O) groups is 1. The average Bonchev–Trinajstić information content (AvgIpc) is 3.19. The van der Waals surface area contributed by atoms with Gasteiger partial charge in [0.15, 0.2) is 11.0 Å². The summed E-state index contributed by atoms with van der Waals surface area (Å²) in [4.78, 5) is 22.3. The van der Waals surface area contributed by atoms with Crippen LogP contribution in [0.15, 0.2) is 72.0 Å². The van der Waals surface area contributed by atoms with Crippen LogP contribution in [0.3, 0.4) is 0 Å². The maximum atomic E-state index is 13.9. The molecule has 0 saturated heterocycles. The summed E-state index contributed by atoms with van der Waals surface area (Å²) >= 11 is 1.38. The van der Waals surface area contributed by atoms with Gasteiger partial charge in [0.25, 0.3) is 0 Å². The first-order valence-corrected chi connectivity index (χ1v) is 11.1. The molecule has 5 nitrogen and oxygen atoms in total. The maximum Gasteiger partial charge on any atom is 0.247 e. The van der Waals surface area contributed by atoms with Gasteiger partial charge >= 0.3 is 0 Å². The predicted octanol–water partition coefficient (Wildman–Crippen LogP) is 5.71. The molecule has 0 aromatic heterocycles. The highest BCUT2D eigenvalue weighted by atomic mass is 32.2. The van der Waals surface area contributed by atoms with Gasteiger partial charge in [-0.15, -0.1) is 0 Å². The van der Waals surface area contributed by atoms with Gasteiger partial charge in [-0.2, -0.15) is 0 Å². The highest BCUT2D eigenvalue weighted by Crippen LogP contribution is 2.30. The quantitative estimate of drug-likeness (QED) is 0.378. The Balaban J connectivity index is 1.57. The second kappa shape index (κ2) is 9.31. The monoisotopic (exact) mass is 434 g/mol. The summed E-state index contributed by atoms with van der Waals surface area (Å²) in [7, 11) is 0. The number of benzene rings is 2. The van der Waals surface area contributed by atoms with Gasteiger partial charge in [0.1, 0.15) is 17.6 Å². The number of carbonyl (C=O) groups excluding carboxylic acids is 1. The number of amides is 1. The zero-order valence-electron chi connectivity index (χ0n) is 17.4. The van der Waals surface area contributed by atoms with Crippen molar-refractivity contribution in [1.82, 2.24) is 14.5 Å². The standard InChI is InChI=1S/C24H23FN4OS/c1-3-21(23(30)26-19-12-7-4-9-16(19)2)29-14-8-13-20-22(29)28-24(27-20)31-15-17-10-5-6-11-18(17)25/h4-14,21H,3,15H2,1-2H3,(H,26,30). The Morgan fingerprint density at radius 2 is 1.87 bits per heavy atom. The van der Waals surface area contributed by atoms with E-state index in [-0.39, 0.29) is 11.7 Å². The summed E-state index contributed by atoms with van der Waals surface area (Å²) in [6.45, 7) is 3.93. The van der Waals surface area contributed by atoms with E-state index < -0.39 is 6.04 Å². The Hall–Kier alpha value is -3.19. The number of fused-ring (bicyclic) bond motifs is 1. The number of anilines is 1. The Morgan fingerprint density at radius 3 is 2.65 bits per heavy atom. The van der Waals surface area contributed by atoms with E-state index in [0.29, 0.717) is 34.4 Å². The maximum absolute atomic E-state index is 13.9. The molecule has 1 amide bonds. The number of para-hydroxylation sites is 1. The normalized spacial score (nSPS) is 12.1. The van der Waals surface area contributed by atoms with E-state index in [1.54, 1.807) is 12.1 Å². The number of rotatable bonds is 7. The Morgan fingerprint density at radius 1 is 1.10 bits per heavy atom. The predicted molar refractivity (Wildman–Crippen MR) is 122 cm³/mol. The number of hydrogen-bond donors (Lipinski definition) is 1. The zero-order valence-corrected chi connectivity index (χ0v) is 18.2. The van der Waals surface area contributed by atoms with E-state index in [4.69, 9.17) is 0 Å². The van der Waals surface area contributed by atoms with Crippen LogP contribution < -0.4 is 5.32 Å². The molecule has 2 aliphatic rings. The molecule has 31 heavy (non-hydrogen) atoms. The number of aromatic nitrogens is 3. The van der Waals surface area contributed by atoms with Crippen molar-refractivity contribution >= 4 is 23.4 Å². The van der Waals surface area contributed by atoms with Crippen molar-refractivity contribution in [2.75, 3.05) is 5.32 Å². The summed E-state index contributed by atoms with van der Waals surface area (Å²) in [6, 6.07) is 17.7. The van der Waals surface area contributed by atoms with E-state index in [9.17, 15) is 9.18 Å². The van der Waals surface area contributed by atoms with Gasteiger partial charge in [0, 0.05) is 17.6 Å². The highest BCUT2D eigenvalue weighted by Gasteiger charge is 2.24. The second-order valence-corrected chi connectivity index (χ2v) is 8.18. The molecule has 2 heterocycles. The summed E-state index contributed by atoms with van der Waals surface area (Å²) < 4.78 is 15.8. The first kappa shape index (κ1) is 21.1. The molecule has 158 valence electrons. The molecule has 0 saturated carbocycles. The molecular formula is C24H23FN4OS. The lowest BCUT2D eigenvalue weighted by atomic mass is 10.1. The smallest absolute Gasteiger partial charge is 0.247 e. The number of nitrogens with one attached hydrogen (secondary N) is 1. The summed E-state index contributed by atoms with van der Waals surface area (Å²) in [5.41, 5.74) is 3.13. The Bertz CT molecular complexity index is 1180. The number of imidazole rings is 1. The fourth-order valence-electron chi connectivity index (χ4n) is 3.44. The Kier molecular flexibility index (Phi) is 6.32. The minimum Gasteiger partial charge on any atom is -0.324 e. The lowest BCUT2D eigenvalue weighted by Gasteiger charge is -2.21. The van der Waals surface area contributed by atoms with Gasteiger partial charge in [-0.25, -0.2) is 14.4 Å². The molecular weight excluding hydrogens is 411 g/mol. The van der Waals surface area contributed by atoms with Crippen LogP contribution in [0.5, 0.6) is 0 Å². The molecule has 0 aliphatic carbocycles. The van der Waals surface area contributed by atoms with Crippen LogP contribution in [0.2, 0.25) is 0 Å². The molecule has 1 N–H and O–H groups in total. The lowest BCUT2D eigenvalue weighted by Crippen LogP contribution is -2.27. The van der Waals surface area contributed by atoms with Gasteiger partial charge in [-0.05, 0) is 48.7 Å². The highest BCUT2D eigenvalue weighted by molar-refractivity contribution is 7.98. The van der Waals surface area contributed by atoms with Gasteiger partial charge in [0.05, 0.1) is 0 Å². The van der Waals surface area contributed by atoms with Crippen molar-refractivity contribution < 1.29 is 9.18 Å². The minimum atomic E-state index is -0.426. The van der Waals surface area contributed by atoms with Crippen molar-refractivity contribution in [3.05, 3.63) is 83.8 Å². The molecule has 2 aromatic carbocycles. The van der Waals surface area contributed by atoms with Crippen molar-refractivity contribution in [3.63, 3.8) is 0 Å². The van der Waals surface area contributed by atoms with E-state index >= 15 is 0 Å². The van der Waals surface area contributed by atoms with Crippen LogP contribution in [0.1, 0.15) is 30.5 Å². The number of thioether (sulfide) groups is 1. The molecule has 2 aliphatic heterocycles. The number of aryl methyl sites for hydroxylation is 1. The lowest BCUT2D eigenvalue weighted by molar-refractivity contribution is -0.119. The van der Waals surface area contributed by atoms with Crippen molar-refractivity contribution in [1.29, 1.82) is 0 Å². The SMILES string of the molecule is CCC(C(=O)Nc1ccccc1C)n1cccc2nc(SCc3ccccc3F)nc1-2. The van der Waals surface area contributed by atoms with Crippen molar-refractivity contribution in [2.24, 2.45) is 0 Å². The van der Waals surface area contributed by atoms with Gasteiger partial charge in [-0.3, -0.25) is 4.79 Å². The second-order valence-electron chi connectivity index (χ2n) is 7.24. The number of halogens is 1. The van der Waals surface area contributed by atoms with Crippen molar-refractivity contribution in [2.45, 2.75) is 37.2 Å². The molecule has 0 fully saturated rings. The molecule has 2 aromatic rings. The largest absolute Gasteiger partial charge is 0.324 e. The van der Waals surface area contributed by atoms with Crippen LogP contribution in [-0.4, -0.2) is 20.4 Å². The molecule has 4 rings (SSSR count). The van der Waals surface area contributed by atoms with E-state index in [2.05, 4.69) is 15.3 Å². The van der Waals surface area contributed by atoms with Crippen LogP contribution in [-0.2, 0) is 10.5 Å². The summed E-state index contributed by atoms with van der Waals surface area (Å²) in [6.07, 6.45) is 2.46. The first-order chi connectivity index (χ1) is 15.1. The van der Waals surface area contributed by atoms with E-state index in [0.717, 1.165) is 11.3 Å². The van der Waals surface area contributed by atoms with Gasteiger partial charge in [-0.1, -0.05) is 55.1 Å². The van der Waals surface area contributed by atoms with Gasteiger partial charge in [0.2, 0.25) is 5.91 Å². The molecule has 0 spiro atoms. The minimum absolute atomic E-state index is 0.0992. The number of hydrogen-bond acceptors (Lipinski definition) is 4. The molecule has 7 heteroatoms. The summed E-state index contributed by atoms with van der Waals surface area (Å²) in [5.74, 6) is 0.747. The van der Waals surface area contributed by atoms with Crippen LogP contribution in [0.4, 0.5) is 10.1 Å². The number of nitrogens with zero attached hydrogens (tertiary/aromatic N) is 3. The third-order valence-electron chi connectivity index (χ3n) is 5.13. The average molecular weight is 435 g/mol. The zero-order chi connectivity index (χ0) is 21.8. The van der Waals surface area contributed by atoms with E-state index in [1.807, 2.05) is 67.1 Å². The molecule has 0 radical (unpaired) electrons. The van der Waals surface area contributed by atoms with Crippen LogP contribution >= 0.6 is 11.8 Å². The third-order valence-corrected chi connectivity index (χ3v) is 6.03. The van der Waals surface area contributed by atoms with Crippen LogP contribution in [0.25, 0.3) is 11.5 Å². The summed E-state index contributed by atoms with van der Waals surface area (Å²) in [5, 5.41) is 3.59. The molecule has 1 atom stereocenters. The molecule has 1 unspecified atom stereocenters. The first-order valence-electron chi connectivity index (χ1n) is 10.1. The Labute approximate surface area is 185 Å². The van der Waals surface area contributed by atoms with Gasteiger partial charge < -0.3 is 9.88 Å². The fourth-order valence-corrected chi connectivity index (χ4v) is 4.27. The topological polar surface area (TPSA) is 59.8 Å². The number of pyridine rings is 1. The third kappa shape index (κ3) is 4.61.